The van der Waals surface area contributed by atoms with Gasteiger partial charge in [0.1, 0.15) is 6.04 Å². The second kappa shape index (κ2) is 6.83. The summed E-state index contributed by atoms with van der Waals surface area (Å²) in [7, 11) is 1.54. The van der Waals surface area contributed by atoms with Gasteiger partial charge in [-0.15, -0.1) is 0 Å². The van der Waals surface area contributed by atoms with E-state index in [4.69, 9.17) is 9.26 Å². The Kier molecular flexibility index (Phi) is 4.35. The molecule has 3 aromatic rings. The van der Waals surface area contributed by atoms with E-state index in [0.29, 0.717) is 29.6 Å². The van der Waals surface area contributed by atoms with Crippen molar-refractivity contribution >= 4 is 11.6 Å². The van der Waals surface area contributed by atoms with Gasteiger partial charge in [0, 0.05) is 30.3 Å². The van der Waals surface area contributed by atoms with Crippen molar-refractivity contribution in [2.45, 2.75) is 32.2 Å². The number of amides is 1. The number of benzene rings is 1. The van der Waals surface area contributed by atoms with E-state index in [1.54, 1.807) is 24.1 Å². The van der Waals surface area contributed by atoms with Gasteiger partial charge in [-0.2, -0.15) is 4.98 Å². The molecule has 0 aliphatic carbocycles. The highest BCUT2D eigenvalue weighted by atomic mass is 16.5. The van der Waals surface area contributed by atoms with Crippen molar-refractivity contribution in [3.8, 4) is 5.88 Å². The van der Waals surface area contributed by atoms with E-state index >= 15 is 0 Å². The molecule has 7 nitrogen and oxygen atoms in total. The molecule has 1 aliphatic rings. The van der Waals surface area contributed by atoms with Crippen molar-refractivity contribution in [1.29, 1.82) is 0 Å². The van der Waals surface area contributed by atoms with Gasteiger partial charge < -0.3 is 9.26 Å². The average Bonchev–Trinajstić information content (AvgIpc) is 3.32. The summed E-state index contributed by atoms with van der Waals surface area (Å²) < 4.78 is 10.6. The molecule has 4 rings (SSSR count). The number of aromatic nitrogens is 3. The molecule has 0 N–H and O–H groups in total. The van der Waals surface area contributed by atoms with Gasteiger partial charge in [-0.1, -0.05) is 37.2 Å². The molecular weight excluding hydrogens is 344 g/mol. The zero-order valence-corrected chi connectivity index (χ0v) is 15.4. The van der Waals surface area contributed by atoms with Gasteiger partial charge in [-0.05, 0) is 17.7 Å². The number of hydrogen-bond donors (Lipinski definition) is 0. The number of methoxy groups -OCH3 is 1. The number of carbonyl (C=O) groups is 1. The first-order chi connectivity index (χ1) is 13.1. The third-order valence-corrected chi connectivity index (χ3v) is 4.65. The number of rotatable bonds is 4. The zero-order chi connectivity index (χ0) is 19.0. The lowest BCUT2D eigenvalue weighted by atomic mass is 10.1. The van der Waals surface area contributed by atoms with Gasteiger partial charge in [0.15, 0.2) is 5.82 Å². The third-order valence-electron chi connectivity index (χ3n) is 4.65. The van der Waals surface area contributed by atoms with Crippen molar-refractivity contribution in [3.05, 3.63) is 65.4 Å². The Bertz CT molecular complexity index is 965. The molecule has 0 radical (unpaired) electrons. The average molecular weight is 364 g/mol. The zero-order valence-electron chi connectivity index (χ0n) is 15.4. The second-order valence-corrected chi connectivity index (χ2v) is 6.76. The Morgan fingerprint density at radius 2 is 2.07 bits per heavy atom. The first-order valence-corrected chi connectivity index (χ1v) is 8.83. The van der Waals surface area contributed by atoms with Crippen LogP contribution in [0.25, 0.3) is 0 Å². The molecule has 2 aromatic heterocycles. The lowest BCUT2D eigenvalue weighted by Gasteiger charge is -2.23. The van der Waals surface area contributed by atoms with Crippen LogP contribution in [0.1, 0.15) is 53.4 Å². The van der Waals surface area contributed by atoms with Crippen LogP contribution in [0.5, 0.6) is 5.88 Å². The maximum atomic E-state index is 13.3. The number of ether oxygens (including phenoxy) is 1. The van der Waals surface area contributed by atoms with E-state index in [9.17, 15) is 4.79 Å². The summed E-state index contributed by atoms with van der Waals surface area (Å²) in [4.78, 5) is 23.7. The number of carbonyl (C=O) groups excluding carboxylic acids is 1. The number of anilines is 1. The normalized spacial score (nSPS) is 15.9. The predicted octanol–water partition coefficient (Wildman–Crippen LogP) is 3.54. The minimum Gasteiger partial charge on any atom is -0.481 e. The lowest BCUT2D eigenvalue weighted by molar-refractivity contribution is 0.0974. The second-order valence-electron chi connectivity index (χ2n) is 6.76. The molecule has 0 saturated heterocycles. The van der Waals surface area contributed by atoms with Crippen LogP contribution in [-0.4, -0.2) is 28.1 Å². The molecule has 0 bridgehead atoms. The topological polar surface area (TPSA) is 81.4 Å². The third kappa shape index (κ3) is 3.05. The standard InChI is InChI=1S/C20H20N4O3/c1-12(2)18-22-19(27-23-18)16-10-13-6-4-5-7-15(13)24(16)20(25)14-8-9-17(26-3)21-11-14/h4-9,11-12,16H,10H2,1-3H3. The van der Waals surface area contributed by atoms with Gasteiger partial charge in [-0.25, -0.2) is 4.98 Å². The quantitative estimate of drug-likeness (QED) is 0.704. The van der Waals surface area contributed by atoms with Crippen molar-refractivity contribution in [2.75, 3.05) is 12.0 Å². The number of fused-ring (bicyclic) bond motifs is 1. The fourth-order valence-electron chi connectivity index (χ4n) is 3.22. The van der Waals surface area contributed by atoms with Gasteiger partial charge in [0.25, 0.3) is 5.91 Å². The van der Waals surface area contributed by atoms with Crippen molar-refractivity contribution < 1.29 is 14.1 Å². The molecular formula is C20H20N4O3. The fourth-order valence-corrected chi connectivity index (χ4v) is 3.22. The maximum absolute atomic E-state index is 13.3. The van der Waals surface area contributed by atoms with E-state index in [1.165, 1.54) is 6.20 Å². The minimum atomic E-state index is -0.336. The highest BCUT2D eigenvalue weighted by Crippen LogP contribution is 2.40. The van der Waals surface area contributed by atoms with E-state index in [0.717, 1.165) is 11.3 Å². The minimum absolute atomic E-state index is 0.154. The van der Waals surface area contributed by atoms with Crippen LogP contribution in [0.2, 0.25) is 0 Å². The summed E-state index contributed by atoms with van der Waals surface area (Å²) >= 11 is 0. The monoisotopic (exact) mass is 364 g/mol. The number of nitrogens with zero attached hydrogens (tertiary/aromatic N) is 4. The first kappa shape index (κ1) is 17.2. The Balaban J connectivity index is 1.73. The molecule has 1 aromatic carbocycles. The van der Waals surface area contributed by atoms with Crippen LogP contribution in [0.3, 0.4) is 0 Å². The van der Waals surface area contributed by atoms with E-state index in [2.05, 4.69) is 15.1 Å². The van der Waals surface area contributed by atoms with Crippen LogP contribution in [0.15, 0.2) is 47.1 Å². The van der Waals surface area contributed by atoms with Crippen molar-refractivity contribution in [2.24, 2.45) is 0 Å². The Morgan fingerprint density at radius 3 is 2.74 bits per heavy atom. The molecule has 3 heterocycles. The largest absolute Gasteiger partial charge is 0.481 e. The van der Waals surface area contributed by atoms with Crippen LogP contribution < -0.4 is 9.64 Å². The van der Waals surface area contributed by atoms with Crippen LogP contribution in [0.4, 0.5) is 5.69 Å². The molecule has 0 spiro atoms. The first-order valence-electron chi connectivity index (χ1n) is 8.83. The molecule has 1 atom stereocenters. The van der Waals surface area contributed by atoms with E-state index in [1.807, 2.05) is 38.1 Å². The summed E-state index contributed by atoms with van der Waals surface area (Å²) in [5.74, 6) is 1.54. The van der Waals surface area contributed by atoms with Gasteiger partial charge in [0.2, 0.25) is 11.8 Å². The molecule has 138 valence electrons. The Labute approximate surface area is 157 Å². The highest BCUT2D eigenvalue weighted by molar-refractivity contribution is 6.07. The predicted molar refractivity (Wildman–Crippen MR) is 98.9 cm³/mol. The summed E-state index contributed by atoms with van der Waals surface area (Å²) in [5.41, 5.74) is 2.40. The summed E-state index contributed by atoms with van der Waals surface area (Å²) in [6.45, 7) is 4.01. The SMILES string of the molecule is COc1ccc(C(=O)N2c3ccccc3CC2c2nc(C(C)C)no2)cn1. The van der Waals surface area contributed by atoms with Gasteiger partial charge in [-0.3, -0.25) is 9.69 Å². The highest BCUT2D eigenvalue weighted by Gasteiger charge is 2.38. The molecule has 1 unspecified atom stereocenters. The summed E-state index contributed by atoms with van der Waals surface area (Å²) in [6, 6.07) is 10.9. The van der Waals surface area contributed by atoms with Crippen molar-refractivity contribution in [3.63, 3.8) is 0 Å². The Morgan fingerprint density at radius 1 is 1.26 bits per heavy atom. The molecule has 0 fully saturated rings. The smallest absolute Gasteiger partial charge is 0.260 e. The van der Waals surface area contributed by atoms with Gasteiger partial charge in [0.05, 0.1) is 12.7 Å². The maximum Gasteiger partial charge on any atom is 0.260 e. The number of hydrogen-bond acceptors (Lipinski definition) is 6. The molecule has 1 aliphatic heterocycles. The molecule has 1 amide bonds. The fraction of sp³-hybridized carbons (Fsp3) is 0.300. The summed E-state index contributed by atoms with van der Waals surface area (Å²) in [5, 5.41) is 4.06. The van der Waals surface area contributed by atoms with Crippen LogP contribution >= 0.6 is 0 Å². The lowest BCUT2D eigenvalue weighted by Crippen LogP contribution is -2.32. The molecule has 0 saturated carbocycles. The molecule has 7 heteroatoms. The van der Waals surface area contributed by atoms with Crippen LogP contribution in [-0.2, 0) is 6.42 Å². The van der Waals surface area contributed by atoms with E-state index < -0.39 is 0 Å². The Hall–Kier alpha value is -3.22. The summed E-state index contributed by atoms with van der Waals surface area (Å²) in [6.07, 6.45) is 2.15. The van der Waals surface area contributed by atoms with E-state index in [-0.39, 0.29) is 17.9 Å². The number of pyridine rings is 1. The molecule has 27 heavy (non-hydrogen) atoms. The number of para-hydroxylation sites is 1. The van der Waals surface area contributed by atoms with Crippen molar-refractivity contribution in [1.82, 2.24) is 15.1 Å². The van der Waals surface area contributed by atoms with Crippen LogP contribution in [0, 0.1) is 0 Å². The van der Waals surface area contributed by atoms with Gasteiger partial charge >= 0.3 is 0 Å².